The van der Waals surface area contributed by atoms with E-state index in [2.05, 4.69) is 0 Å². The summed E-state index contributed by atoms with van der Waals surface area (Å²) in [4.78, 5) is 0. The van der Waals surface area contributed by atoms with Crippen molar-refractivity contribution in [1.82, 2.24) is 0 Å². The molecule has 172 valence electrons. The molecule has 0 bridgehead atoms. The van der Waals surface area contributed by atoms with Crippen molar-refractivity contribution < 1.29 is 52.7 Å². The van der Waals surface area contributed by atoms with Crippen LogP contribution in [0.1, 0.15) is 22.3 Å². The number of rotatable bonds is 4. The first-order valence-electron chi connectivity index (χ1n) is 7.81. The molecular weight excluding hydrogens is 460 g/mol. The van der Waals surface area contributed by atoms with Crippen molar-refractivity contribution in [3.8, 4) is 0 Å². The molecule has 0 radical (unpaired) electrons. The maximum absolute atomic E-state index is 12.8. The van der Waals surface area contributed by atoms with Crippen molar-refractivity contribution in [3.63, 3.8) is 0 Å². The Morgan fingerprint density at radius 3 is 0.839 bits per heavy atom. The molecule has 0 aliphatic rings. The van der Waals surface area contributed by atoms with Gasteiger partial charge in [-0.25, -0.2) is 0 Å². The number of halogens is 12. The van der Waals surface area contributed by atoms with Crippen LogP contribution in [0.5, 0.6) is 0 Å². The summed E-state index contributed by atoms with van der Waals surface area (Å²) in [5, 5.41) is 3.87. The van der Waals surface area contributed by atoms with E-state index >= 15 is 0 Å². The summed E-state index contributed by atoms with van der Waals surface area (Å²) in [5.41, 5.74) is -8.21. The van der Waals surface area contributed by atoms with Gasteiger partial charge in [0, 0.05) is 11.4 Å². The highest BCUT2D eigenvalue weighted by atomic mass is 19.4. The lowest BCUT2D eigenvalue weighted by Gasteiger charge is -2.24. The average molecular weight is 469 g/mol. The molecule has 0 spiro atoms. The van der Waals surface area contributed by atoms with Gasteiger partial charge >= 0.3 is 24.7 Å². The second-order valence-electron chi connectivity index (χ2n) is 6.02. The van der Waals surface area contributed by atoms with Gasteiger partial charge in [-0.1, -0.05) is 0 Å². The summed E-state index contributed by atoms with van der Waals surface area (Å²) in [5.74, 6) is 0. The predicted octanol–water partition coefficient (Wildman–Crippen LogP) is 7.41. The van der Waals surface area contributed by atoms with Gasteiger partial charge in [-0.15, -0.1) is 0 Å². The summed E-state index contributed by atoms with van der Waals surface area (Å²) in [6, 6.07) is 0.810. The van der Waals surface area contributed by atoms with E-state index in [0.717, 1.165) is 0 Å². The Morgan fingerprint density at radius 1 is 0.419 bits per heavy atom. The lowest BCUT2D eigenvalue weighted by molar-refractivity contribution is -0.144. The van der Waals surface area contributed by atoms with Crippen LogP contribution in [0, 0.1) is 6.67 Å². The third-order valence-electron chi connectivity index (χ3n) is 3.65. The quantitative estimate of drug-likeness (QED) is 0.360. The highest BCUT2D eigenvalue weighted by Gasteiger charge is 2.38. The van der Waals surface area contributed by atoms with Gasteiger partial charge in [0.25, 0.3) is 0 Å². The Kier molecular flexibility index (Phi) is 6.34. The summed E-state index contributed by atoms with van der Waals surface area (Å²) < 4.78 is 154. The molecule has 0 unspecified atom stereocenters. The first kappa shape index (κ1) is 24.5. The number of alkyl halides is 12. The van der Waals surface area contributed by atoms with Gasteiger partial charge in [0.1, 0.15) is 0 Å². The van der Waals surface area contributed by atoms with E-state index in [-0.39, 0.29) is 36.4 Å². The van der Waals surface area contributed by atoms with Crippen LogP contribution in [0.4, 0.5) is 64.1 Å². The van der Waals surface area contributed by atoms with E-state index in [4.69, 9.17) is 0 Å². The lowest BCUT2D eigenvalue weighted by atomic mass is 10.1. The van der Waals surface area contributed by atoms with E-state index in [9.17, 15) is 52.7 Å². The molecule has 2 rings (SSSR count). The monoisotopic (exact) mass is 469 g/mol. The molecule has 0 aliphatic carbocycles. The summed E-state index contributed by atoms with van der Waals surface area (Å²) in [6.45, 7) is 0.491. The third kappa shape index (κ3) is 6.59. The highest BCUT2D eigenvalue weighted by molar-refractivity contribution is 5.56. The maximum Gasteiger partial charge on any atom is 0.416 e. The molecule has 2 aromatic carbocycles. The lowest BCUT2D eigenvalue weighted by Crippen LogP contribution is -2.14. The van der Waals surface area contributed by atoms with Gasteiger partial charge < -0.3 is 10.6 Å². The molecule has 0 fully saturated rings. The molecule has 0 aliphatic heterocycles. The number of hydrogen-bond acceptors (Lipinski definition) is 2. The smallest absolute Gasteiger partial charge is 0.416 e. The minimum absolute atomic E-state index is 0.152. The fourth-order valence-corrected chi connectivity index (χ4v) is 2.28. The Hall–Kier alpha value is -2.80. The van der Waals surface area contributed by atoms with Crippen LogP contribution in [0.3, 0.4) is 0 Å². The fourth-order valence-electron chi connectivity index (χ4n) is 2.28. The van der Waals surface area contributed by atoms with E-state index in [1.165, 1.54) is 0 Å². The normalized spacial score (nSPS) is 13.3. The van der Waals surface area contributed by atoms with Crippen molar-refractivity contribution in [3.05, 3.63) is 65.3 Å². The standard InChI is InChI=1S/C17H9F12N2/c18-14(19,20)8-1-9(15(21,22)23)4-12(3-8)30-7-31-13-5-10(16(24,25)26)2-11(6-13)17(27,28)29/h1-7,30-31H/q-1. The van der Waals surface area contributed by atoms with Crippen LogP contribution in [0.2, 0.25) is 0 Å². The van der Waals surface area contributed by atoms with Crippen LogP contribution in [0.25, 0.3) is 0 Å². The Labute approximate surface area is 165 Å². The SMILES string of the molecule is FC(F)(F)c1cc(N[CH-]Nc2cc(C(F)(F)F)cc(C(F)(F)F)c2)cc(C(F)(F)F)c1. The van der Waals surface area contributed by atoms with E-state index in [1.807, 2.05) is 10.6 Å². The Morgan fingerprint density at radius 2 is 0.645 bits per heavy atom. The molecule has 0 saturated carbocycles. The molecule has 2 aromatic rings. The molecule has 31 heavy (non-hydrogen) atoms. The third-order valence-corrected chi connectivity index (χ3v) is 3.65. The van der Waals surface area contributed by atoms with Gasteiger partial charge in [0.15, 0.2) is 0 Å². The second-order valence-corrected chi connectivity index (χ2v) is 6.02. The van der Waals surface area contributed by atoms with Gasteiger partial charge in [-0.05, 0) is 36.4 Å². The predicted molar refractivity (Wildman–Crippen MR) is 84.4 cm³/mol. The minimum Gasteiger partial charge on any atom is -0.516 e. The zero-order valence-corrected chi connectivity index (χ0v) is 14.6. The van der Waals surface area contributed by atoms with Crippen molar-refractivity contribution in [1.29, 1.82) is 0 Å². The van der Waals surface area contributed by atoms with Crippen LogP contribution >= 0.6 is 0 Å². The van der Waals surface area contributed by atoms with Crippen molar-refractivity contribution in [2.45, 2.75) is 24.7 Å². The van der Waals surface area contributed by atoms with Gasteiger partial charge in [-0.2, -0.15) is 59.4 Å². The number of nitrogens with one attached hydrogen (secondary N) is 2. The van der Waals surface area contributed by atoms with Crippen molar-refractivity contribution in [2.24, 2.45) is 0 Å². The Balaban J connectivity index is 2.29. The molecule has 0 heterocycles. The molecule has 0 atom stereocenters. The molecule has 0 saturated heterocycles. The van der Waals surface area contributed by atoms with E-state index < -0.39 is 58.3 Å². The molecule has 2 N–H and O–H groups in total. The first-order valence-corrected chi connectivity index (χ1v) is 7.81. The van der Waals surface area contributed by atoms with Gasteiger partial charge in [0.2, 0.25) is 0 Å². The van der Waals surface area contributed by atoms with Crippen molar-refractivity contribution >= 4 is 11.4 Å². The maximum atomic E-state index is 12.8. The number of anilines is 2. The minimum atomic E-state index is -5.15. The zero-order valence-electron chi connectivity index (χ0n) is 14.6. The van der Waals surface area contributed by atoms with Gasteiger partial charge in [-0.3, -0.25) is 0 Å². The van der Waals surface area contributed by atoms with Crippen LogP contribution < -0.4 is 10.6 Å². The molecular formula is C17H9F12N2-. The van der Waals surface area contributed by atoms with E-state index in [1.54, 1.807) is 0 Å². The molecule has 0 aromatic heterocycles. The topological polar surface area (TPSA) is 24.1 Å². The van der Waals surface area contributed by atoms with E-state index in [0.29, 0.717) is 6.67 Å². The van der Waals surface area contributed by atoms with Crippen LogP contribution in [-0.4, -0.2) is 0 Å². The summed E-state index contributed by atoms with van der Waals surface area (Å²) in [6.07, 6.45) is -20.6. The van der Waals surface area contributed by atoms with Gasteiger partial charge in [0.05, 0.1) is 22.3 Å². The molecule has 14 heteroatoms. The van der Waals surface area contributed by atoms with Crippen molar-refractivity contribution in [2.75, 3.05) is 10.6 Å². The second kappa shape index (κ2) is 8.04. The summed E-state index contributed by atoms with van der Waals surface area (Å²) >= 11 is 0. The largest absolute Gasteiger partial charge is 0.516 e. The number of hydrogen-bond donors (Lipinski definition) is 2. The first-order chi connectivity index (χ1) is 13.9. The highest BCUT2D eigenvalue weighted by Crippen LogP contribution is 2.39. The Bertz CT molecular complexity index is 783. The summed E-state index contributed by atoms with van der Waals surface area (Å²) in [7, 11) is 0. The molecule has 2 nitrogen and oxygen atoms in total. The average Bonchev–Trinajstić information content (AvgIpc) is 2.58. The van der Waals surface area contributed by atoms with Crippen LogP contribution in [0.15, 0.2) is 36.4 Å². The molecule has 0 amide bonds. The number of benzene rings is 2. The fraction of sp³-hybridized carbons (Fsp3) is 0.235. The zero-order chi connectivity index (χ0) is 23.8. The van der Waals surface area contributed by atoms with Crippen LogP contribution in [-0.2, 0) is 24.7 Å².